The minimum absolute atomic E-state index is 0.00840. The summed E-state index contributed by atoms with van der Waals surface area (Å²) in [5.41, 5.74) is 2.20. The number of hydrogen-bond acceptors (Lipinski definition) is 3. The van der Waals surface area contributed by atoms with Crippen molar-refractivity contribution in [2.45, 2.75) is 52.4 Å². The number of carbonyl (C=O) groups excluding carboxylic acids is 2. The van der Waals surface area contributed by atoms with Gasteiger partial charge in [0.05, 0.1) is 17.9 Å². The van der Waals surface area contributed by atoms with Crippen molar-refractivity contribution in [1.29, 1.82) is 0 Å². The summed E-state index contributed by atoms with van der Waals surface area (Å²) in [5.74, 6) is -0.167. The molecule has 0 aliphatic heterocycles. The molecule has 1 aromatic heterocycles. The van der Waals surface area contributed by atoms with Crippen LogP contribution in [0.5, 0.6) is 0 Å². The predicted molar refractivity (Wildman–Crippen MR) is 133 cm³/mol. The maximum Gasteiger partial charge on any atom is 0.245 e. The van der Waals surface area contributed by atoms with Gasteiger partial charge in [-0.3, -0.25) is 9.59 Å². The fourth-order valence-corrected chi connectivity index (χ4v) is 3.68. The number of rotatable bonds is 12. The number of nitrogens with zero attached hydrogens (tertiary/aromatic N) is 3. The molecule has 180 valence electrons. The third-order valence-electron chi connectivity index (χ3n) is 5.58. The first-order valence-electron chi connectivity index (χ1n) is 12.0. The SMILES string of the molecule is CCCCCC(=O)N(CCCC)CC(=O)Nc1cc(-c2ccccc2)nn1-c1ccc(F)cc1. The number of aromatic nitrogens is 2. The largest absolute Gasteiger partial charge is 0.333 e. The van der Waals surface area contributed by atoms with Crippen molar-refractivity contribution >= 4 is 17.6 Å². The molecule has 0 aliphatic rings. The Morgan fingerprint density at radius 1 is 0.971 bits per heavy atom. The first kappa shape index (κ1) is 25.1. The van der Waals surface area contributed by atoms with Gasteiger partial charge in [-0.25, -0.2) is 9.07 Å². The maximum atomic E-state index is 13.5. The van der Waals surface area contributed by atoms with E-state index in [0.717, 1.165) is 37.7 Å². The molecule has 0 saturated heterocycles. The number of hydrogen-bond donors (Lipinski definition) is 1. The maximum absolute atomic E-state index is 13.5. The van der Waals surface area contributed by atoms with E-state index in [1.165, 1.54) is 12.1 Å². The van der Waals surface area contributed by atoms with Crippen molar-refractivity contribution in [2.75, 3.05) is 18.4 Å². The van der Waals surface area contributed by atoms with Crippen LogP contribution in [-0.2, 0) is 9.59 Å². The third-order valence-corrected chi connectivity index (χ3v) is 5.58. The van der Waals surface area contributed by atoms with Crippen LogP contribution in [0.15, 0.2) is 60.7 Å². The molecular weight excluding hydrogens is 431 g/mol. The van der Waals surface area contributed by atoms with Crippen LogP contribution in [0.4, 0.5) is 10.2 Å². The molecule has 0 radical (unpaired) electrons. The average Bonchev–Trinajstić information content (AvgIpc) is 3.26. The minimum atomic E-state index is -0.349. The monoisotopic (exact) mass is 464 g/mol. The summed E-state index contributed by atoms with van der Waals surface area (Å²) in [6.07, 6.45) is 5.11. The van der Waals surface area contributed by atoms with Gasteiger partial charge in [0.15, 0.2) is 0 Å². The summed E-state index contributed by atoms with van der Waals surface area (Å²) in [6.45, 7) is 4.70. The second kappa shape index (κ2) is 12.7. The van der Waals surface area contributed by atoms with Crippen LogP contribution in [-0.4, -0.2) is 39.6 Å². The molecule has 1 heterocycles. The van der Waals surface area contributed by atoms with E-state index in [-0.39, 0.29) is 24.2 Å². The predicted octanol–water partition coefficient (Wildman–Crippen LogP) is 5.83. The van der Waals surface area contributed by atoms with Gasteiger partial charge in [0.2, 0.25) is 11.8 Å². The molecular formula is C27H33FN4O2. The van der Waals surface area contributed by atoms with Gasteiger partial charge in [0.1, 0.15) is 11.6 Å². The first-order chi connectivity index (χ1) is 16.5. The van der Waals surface area contributed by atoms with Crippen LogP contribution < -0.4 is 5.32 Å². The van der Waals surface area contributed by atoms with Crippen LogP contribution in [0, 0.1) is 5.82 Å². The van der Waals surface area contributed by atoms with E-state index in [4.69, 9.17) is 0 Å². The Hall–Kier alpha value is -3.48. The normalized spacial score (nSPS) is 10.8. The Morgan fingerprint density at radius 3 is 2.35 bits per heavy atom. The van der Waals surface area contributed by atoms with Crippen molar-refractivity contribution in [3.63, 3.8) is 0 Å². The van der Waals surface area contributed by atoms with Gasteiger partial charge in [-0.15, -0.1) is 0 Å². The van der Waals surface area contributed by atoms with Crippen molar-refractivity contribution < 1.29 is 14.0 Å². The lowest BCUT2D eigenvalue weighted by Crippen LogP contribution is -2.38. The summed E-state index contributed by atoms with van der Waals surface area (Å²) >= 11 is 0. The molecule has 0 aliphatic carbocycles. The number of amides is 2. The zero-order valence-electron chi connectivity index (χ0n) is 20.0. The molecule has 7 heteroatoms. The average molecular weight is 465 g/mol. The lowest BCUT2D eigenvalue weighted by atomic mass is 10.1. The van der Waals surface area contributed by atoms with E-state index in [1.807, 2.05) is 30.3 Å². The van der Waals surface area contributed by atoms with Crippen LogP contribution in [0.2, 0.25) is 0 Å². The van der Waals surface area contributed by atoms with Gasteiger partial charge >= 0.3 is 0 Å². The van der Waals surface area contributed by atoms with E-state index in [1.54, 1.807) is 27.8 Å². The molecule has 0 atom stereocenters. The minimum Gasteiger partial charge on any atom is -0.333 e. The molecule has 3 aromatic rings. The van der Waals surface area contributed by atoms with E-state index < -0.39 is 0 Å². The number of carbonyl (C=O) groups is 2. The van der Waals surface area contributed by atoms with E-state index in [0.29, 0.717) is 30.2 Å². The molecule has 1 N–H and O–H groups in total. The van der Waals surface area contributed by atoms with E-state index >= 15 is 0 Å². The molecule has 0 spiro atoms. The van der Waals surface area contributed by atoms with E-state index in [2.05, 4.69) is 24.3 Å². The molecule has 6 nitrogen and oxygen atoms in total. The molecule has 2 amide bonds. The Morgan fingerprint density at radius 2 is 1.68 bits per heavy atom. The van der Waals surface area contributed by atoms with Crippen LogP contribution >= 0.6 is 0 Å². The molecule has 34 heavy (non-hydrogen) atoms. The Kier molecular flexibility index (Phi) is 9.38. The Balaban J connectivity index is 1.81. The lowest BCUT2D eigenvalue weighted by Gasteiger charge is -2.22. The summed E-state index contributed by atoms with van der Waals surface area (Å²) < 4.78 is 15.1. The Labute approximate surface area is 200 Å². The van der Waals surface area contributed by atoms with Gasteiger partial charge in [-0.05, 0) is 37.1 Å². The first-order valence-corrected chi connectivity index (χ1v) is 12.0. The van der Waals surface area contributed by atoms with E-state index in [9.17, 15) is 14.0 Å². The van der Waals surface area contributed by atoms with Gasteiger partial charge in [-0.2, -0.15) is 5.10 Å². The standard InChI is InChI=1S/C27H33FN4O2/c1-3-5-8-13-27(34)31(18-6-4-2)20-26(33)29-25-19-24(21-11-9-7-10-12-21)30-32(25)23-16-14-22(28)15-17-23/h7,9-12,14-17,19H,3-6,8,13,18,20H2,1-2H3,(H,29,33). The highest BCUT2D eigenvalue weighted by atomic mass is 19.1. The van der Waals surface area contributed by atoms with Crippen molar-refractivity contribution in [2.24, 2.45) is 0 Å². The van der Waals surface area contributed by atoms with Gasteiger partial charge in [0, 0.05) is 24.6 Å². The second-order valence-electron chi connectivity index (χ2n) is 8.34. The third kappa shape index (κ3) is 7.01. The molecule has 0 saturated carbocycles. The molecule has 0 fully saturated rings. The topological polar surface area (TPSA) is 67.2 Å². The summed E-state index contributed by atoms with van der Waals surface area (Å²) in [5, 5.41) is 7.56. The molecule has 3 rings (SSSR count). The highest BCUT2D eigenvalue weighted by Crippen LogP contribution is 2.25. The fraction of sp³-hybridized carbons (Fsp3) is 0.370. The number of unbranched alkanes of at least 4 members (excludes halogenated alkanes) is 3. The second-order valence-corrected chi connectivity index (χ2v) is 8.34. The molecule has 0 bridgehead atoms. The van der Waals surface area contributed by atoms with Crippen LogP contribution in [0.1, 0.15) is 52.4 Å². The van der Waals surface area contributed by atoms with Gasteiger partial charge < -0.3 is 10.2 Å². The number of anilines is 1. The smallest absolute Gasteiger partial charge is 0.245 e. The Bertz CT molecular complexity index is 1060. The van der Waals surface area contributed by atoms with Crippen molar-refractivity contribution in [3.05, 3.63) is 66.5 Å². The van der Waals surface area contributed by atoms with Crippen LogP contribution in [0.3, 0.4) is 0 Å². The summed E-state index contributed by atoms with van der Waals surface area (Å²) in [6, 6.07) is 17.3. The van der Waals surface area contributed by atoms with Gasteiger partial charge in [-0.1, -0.05) is 63.4 Å². The number of benzene rings is 2. The highest BCUT2D eigenvalue weighted by Gasteiger charge is 2.19. The van der Waals surface area contributed by atoms with Gasteiger partial charge in [0.25, 0.3) is 0 Å². The van der Waals surface area contributed by atoms with Crippen LogP contribution in [0.25, 0.3) is 16.9 Å². The summed E-state index contributed by atoms with van der Waals surface area (Å²) in [4.78, 5) is 27.4. The number of nitrogens with one attached hydrogen (secondary N) is 1. The zero-order chi connectivity index (χ0) is 24.3. The van der Waals surface area contributed by atoms with Crippen molar-refractivity contribution in [3.8, 4) is 16.9 Å². The fourth-order valence-electron chi connectivity index (χ4n) is 3.68. The number of halogens is 1. The summed E-state index contributed by atoms with van der Waals surface area (Å²) in [7, 11) is 0. The molecule has 0 unspecified atom stereocenters. The van der Waals surface area contributed by atoms with Crippen molar-refractivity contribution in [1.82, 2.24) is 14.7 Å². The highest BCUT2D eigenvalue weighted by molar-refractivity contribution is 5.94. The molecule has 2 aromatic carbocycles. The quantitative estimate of drug-likeness (QED) is 0.343. The lowest BCUT2D eigenvalue weighted by molar-refractivity contribution is -0.134. The zero-order valence-corrected chi connectivity index (χ0v) is 20.0.